The van der Waals surface area contributed by atoms with E-state index >= 15 is 0 Å². The van der Waals surface area contributed by atoms with Gasteiger partial charge >= 0.3 is 6.36 Å². The van der Waals surface area contributed by atoms with Gasteiger partial charge in [0.2, 0.25) is 0 Å². The van der Waals surface area contributed by atoms with Crippen LogP contribution in [-0.4, -0.2) is 50.0 Å². The second-order valence-electron chi connectivity index (χ2n) is 6.46. The highest BCUT2D eigenvalue weighted by molar-refractivity contribution is 5.81. The molecule has 162 valence electrons. The van der Waals surface area contributed by atoms with E-state index in [4.69, 9.17) is 9.47 Å². The van der Waals surface area contributed by atoms with Crippen LogP contribution in [0.5, 0.6) is 17.2 Å². The van der Waals surface area contributed by atoms with Gasteiger partial charge in [-0.1, -0.05) is 0 Å². The van der Waals surface area contributed by atoms with Crippen LogP contribution in [0.15, 0.2) is 36.7 Å². The molecule has 12 heteroatoms. The van der Waals surface area contributed by atoms with Crippen LogP contribution in [0.3, 0.4) is 0 Å². The average Bonchev–Trinajstić information content (AvgIpc) is 3.32. The summed E-state index contributed by atoms with van der Waals surface area (Å²) in [4.78, 5) is 13.2. The van der Waals surface area contributed by atoms with Crippen LogP contribution in [0.2, 0.25) is 0 Å². The highest BCUT2D eigenvalue weighted by Crippen LogP contribution is 2.32. The second kappa shape index (κ2) is 8.13. The first-order valence-corrected chi connectivity index (χ1v) is 9.10. The van der Waals surface area contributed by atoms with Crippen molar-refractivity contribution in [1.29, 1.82) is 0 Å². The number of ether oxygens (including phenoxy) is 3. The van der Waals surface area contributed by atoms with Gasteiger partial charge in [0.15, 0.2) is 11.6 Å². The Morgan fingerprint density at radius 3 is 2.68 bits per heavy atom. The van der Waals surface area contributed by atoms with E-state index in [0.29, 0.717) is 47.2 Å². The van der Waals surface area contributed by atoms with Crippen LogP contribution >= 0.6 is 0 Å². The summed E-state index contributed by atoms with van der Waals surface area (Å²) in [5.41, 5.74) is 2.02. The number of aromatic amines is 1. The molecule has 1 aromatic carbocycles. The molecule has 0 spiro atoms. The number of H-pyrrole nitrogens is 1. The van der Waals surface area contributed by atoms with Crippen molar-refractivity contribution < 1.29 is 27.4 Å². The zero-order chi connectivity index (χ0) is 22.0. The third-order valence-electron chi connectivity index (χ3n) is 4.17. The topological polar surface area (TPSA) is 100.0 Å². The van der Waals surface area contributed by atoms with Crippen molar-refractivity contribution >= 4 is 11.0 Å². The van der Waals surface area contributed by atoms with Crippen molar-refractivity contribution in [3.8, 4) is 28.8 Å². The Balaban J connectivity index is 1.52. The molecule has 1 N–H and O–H groups in total. The number of nitrogens with zero attached hydrogens (tertiary/aromatic N) is 5. The molecule has 9 nitrogen and oxygen atoms in total. The fraction of sp³-hybridized carbons (Fsp3) is 0.263. The van der Waals surface area contributed by atoms with Gasteiger partial charge in [0.05, 0.1) is 42.8 Å². The van der Waals surface area contributed by atoms with Crippen molar-refractivity contribution in [2.24, 2.45) is 0 Å². The first kappa shape index (κ1) is 20.4. The SMILES string of the molecule is COc1cc(OCCn2ncc(C)n2)cnc1-c1nc2cc(OC(F)(F)F)ccc2[nH]1. The Morgan fingerprint density at radius 1 is 1.13 bits per heavy atom. The number of nitrogens with one attached hydrogen (secondary N) is 1. The number of hydrogen-bond donors (Lipinski definition) is 1. The van der Waals surface area contributed by atoms with E-state index in [1.165, 1.54) is 36.3 Å². The predicted molar refractivity (Wildman–Crippen MR) is 103 cm³/mol. The zero-order valence-corrected chi connectivity index (χ0v) is 16.5. The normalized spacial score (nSPS) is 11.6. The zero-order valence-electron chi connectivity index (χ0n) is 16.5. The fourth-order valence-electron chi connectivity index (χ4n) is 2.87. The van der Waals surface area contributed by atoms with E-state index in [0.717, 1.165) is 5.69 Å². The number of methoxy groups -OCH3 is 1. The van der Waals surface area contributed by atoms with Gasteiger partial charge in [-0.3, -0.25) is 0 Å². The maximum absolute atomic E-state index is 12.4. The Morgan fingerprint density at radius 2 is 1.97 bits per heavy atom. The lowest BCUT2D eigenvalue weighted by molar-refractivity contribution is -0.274. The summed E-state index contributed by atoms with van der Waals surface area (Å²) in [5.74, 6) is 0.834. The van der Waals surface area contributed by atoms with E-state index < -0.39 is 6.36 Å². The third kappa shape index (κ3) is 4.85. The highest BCUT2D eigenvalue weighted by atomic mass is 19.4. The summed E-state index contributed by atoms with van der Waals surface area (Å²) in [5, 5.41) is 8.26. The molecule has 0 fully saturated rings. The van der Waals surface area contributed by atoms with E-state index in [1.54, 1.807) is 12.3 Å². The Labute approximate surface area is 173 Å². The molecule has 3 aromatic heterocycles. The molecule has 0 unspecified atom stereocenters. The van der Waals surface area contributed by atoms with Crippen LogP contribution in [0.25, 0.3) is 22.6 Å². The molecule has 0 saturated carbocycles. The van der Waals surface area contributed by atoms with Gasteiger partial charge in [-0.2, -0.15) is 15.0 Å². The molecule has 0 aliphatic heterocycles. The van der Waals surface area contributed by atoms with Crippen LogP contribution in [0.1, 0.15) is 5.69 Å². The Hall–Kier alpha value is -3.83. The number of hydrogen-bond acceptors (Lipinski definition) is 7. The standard InChI is InChI=1S/C19H17F3N6O3/c1-11-9-24-28(27-11)5-6-30-13-8-16(29-2)17(23-10-13)18-25-14-4-3-12(7-15(14)26-18)31-19(20,21)22/h3-4,7-10H,5-6H2,1-2H3,(H,25,26). The van der Waals surface area contributed by atoms with Gasteiger partial charge < -0.3 is 19.2 Å². The van der Waals surface area contributed by atoms with E-state index in [2.05, 4.69) is 29.9 Å². The number of pyridine rings is 1. The van der Waals surface area contributed by atoms with Crippen LogP contribution in [0, 0.1) is 6.92 Å². The number of aromatic nitrogens is 6. The smallest absolute Gasteiger partial charge is 0.494 e. The average molecular weight is 434 g/mol. The maximum Gasteiger partial charge on any atom is 0.573 e. The van der Waals surface area contributed by atoms with Crippen molar-refractivity contribution in [3.63, 3.8) is 0 Å². The third-order valence-corrected chi connectivity index (χ3v) is 4.17. The molecule has 31 heavy (non-hydrogen) atoms. The lowest BCUT2D eigenvalue weighted by Crippen LogP contribution is -2.16. The maximum atomic E-state index is 12.4. The van der Waals surface area contributed by atoms with Crippen LogP contribution in [-0.2, 0) is 6.54 Å². The van der Waals surface area contributed by atoms with Gasteiger partial charge in [-0.25, -0.2) is 9.97 Å². The summed E-state index contributed by atoms with van der Waals surface area (Å²) in [6.07, 6.45) is -1.62. The molecule has 0 atom stereocenters. The molecule has 4 rings (SSSR count). The van der Waals surface area contributed by atoms with E-state index in [-0.39, 0.29) is 5.75 Å². The summed E-state index contributed by atoms with van der Waals surface area (Å²) >= 11 is 0. The van der Waals surface area contributed by atoms with Crippen LogP contribution in [0.4, 0.5) is 13.2 Å². The lowest BCUT2D eigenvalue weighted by atomic mass is 10.3. The quantitative estimate of drug-likeness (QED) is 0.475. The molecule has 0 amide bonds. The number of alkyl halides is 3. The molecule has 3 heterocycles. The first-order valence-electron chi connectivity index (χ1n) is 9.10. The molecular weight excluding hydrogens is 417 g/mol. The molecule has 0 aliphatic rings. The van der Waals surface area contributed by atoms with Crippen LogP contribution < -0.4 is 14.2 Å². The fourth-order valence-corrected chi connectivity index (χ4v) is 2.87. The lowest BCUT2D eigenvalue weighted by Gasteiger charge is -2.09. The number of fused-ring (bicyclic) bond motifs is 1. The predicted octanol–water partition coefficient (Wildman–Crippen LogP) is 3.51. The monoisotopic (exact) mass is 434 g/mol. The summed E-state index contributed by atoms with van der Waals surface area (Å²) in [6.45, 7) is 2.63. The van der Waals surface area contributed by atoms with E-state index in [9.17, 15) is 13.2 Å². The number of aryl methyl sites for hydroxylation is 1. The molecule has 0 saturated heterocycles. The van der Waals surface area contributed by atoms with Crippen molar-refractivity contribution in [2.75, 3.05) is 13.7 Å². The minimum Gasteiger partial charge on any atom is -0.494 e. The van der Waals surface area contributed by atoms with Gasteiger partial charge in [-0.05, 0) is 19.1 Å². The van der Waals surface area contributed by atoms with E-state index in [1.807, 2.05) is 6.92 Å². The van der Waals surface area contributed by atoms with Gasteiger partial charge in [0.1, 0.15) is 23.8 Å². The number of halogens is 3. The van der Waals surface area contributed by atoms with Gasteiger partial charge in [0.25, 0.3) is 0 Å². The van der Waals surface area contributed by atoms with Gasteiger partial charge in [0, 0.05) is 12.1 Å². The highest BCUT2D eigenvalue weighted by Gasteiger charge is 2.31. The Bertz CT molecular complexity index is 1200. The number of imidazole rings is 1. The van der Waals surface area contributed by atoms with Crippen molar-refractivity contribution in [1.82, 2.24) is 29.9 Å². The number of rotatable bonds is 7. The minimum absolute atomic E-state index is 0.294. The van der Waals surface area contributed by atoms with Crippen molar-refractivity contribution in [3.05, 3.63) is 42.4 Å². The Kier molecular flexibility index (Phi) is 5.36. The largest absolute Gasteiger partial charge is 0.573 e. The van der Waals surface area contributed by atoms with Gasteiger partial charge in [-0.15, -0.1) is 13.2 Å². The molecule has 4 aromatic rings. The molecule has 0 bridgehead atoms. The number of benzene rings is 1. The summed E-state index contributed by atoms with van der Waals surface area (Å²) < 4.78 is 52.3. The molecule has 0 aliphatic carbocycles. The minimum atomic E-state index is -4.78. The molecule has 0 radical (unpaired) electrons. The van der Waals surface area contributed by atoms with Crippen molar-refractivity contribution in [2.45, 2.75) is 19.8 Å². The first-order chi connectivity index (χ1) is 14.8. The summed E-state index contributed by atoms with van der Waals surface area (Å²) in [6, 6.07) is 5.49. The second-order valence-corrected chi connectivity index (χ2v) is 6.46. The molecular formula is C19H17F3N6O3. The summed E-state index contributed by atoms with van der Waals surface area (Å²) in [7, 11) is 1.47.